The Bertz CT molecular complexity index is 1710. The van der Waals surface area contributed by atoms with Crippen molar-refractivity contribution in [1.29, 1.82) is 5.41 Å². The van der Waals surface area contributed by atoms with E-state index in [0.717, 1.165) is 5.69 Å². The molecular weight excluding hydrogens is 522 g/mol. The second-order valence-electron chi connectivity index (χ2n) is 8.66. The highest BCUT2D eigenvalue weighted by molar-refractivity contribution is 6.07. The van der Waals surface area contributed by atoms with Crippen molar-refractivity contribution in [3.8, 4) is 0 Å². The smallest absolute Gasteiger partial charge is 0.232 e. The predicted molar refractivity (Wildman–Crippen MR) is 159 cm³/mol. The lowest BCUT2D eigenvalue weighted by Gasteiger charge is -2.08. The summed E-state index contributed by atoms with van der Waals surface area (Å²) in [5.41, 5.74) is 8.10. The summed E-state index contributed by atoms with van der Waals surface area (Å²) in [5, 5.41) is 52.1. The molecule has 0 aliphatic heterocycles. The average molecular weight is 551 g/mol. The van der Waals surface area contributed by atoms with E-state index in [1.807, 2.05) is 36.1 Å². The molecule has 0 radical (unpaired) electrons. The number of rotatable bonds is 7. The largest absolute Gasteiger partial charge is 0.494 e. The molecule has 3 aromatic rings. The molecule has 41 heavy (non-hydrogen) atoms. The number of aliphatic hydroxyl groups excluding tert-OH is 3. The van der Waals surface area contributed by atoms with Gasteiger partial charge < -0.3 is 31.7 Å². The van der Waals surface area contributed by atoms with Crippen LogP contribution in [0.15, 0.2) is 129 Å². The Morgan fingerprint density at radius 1 is 0.854 bits per heavy atom. The summed E-state index contributed by atoms with van der Waals surface area (Å²) in [6.07, 6.45) is 11.7. The number of allylic oxidation sites excluding steroid dienone is 5. The first-order chi connectivity index (χ1) is 19.8. The molecule has 0 atom stereocenters. The number of benzene rings is 2. The second-order valence-corrected chi connectivity index (χ2v) is 8.66. The lowest BCUT2D eigenvalue weighted by atomic mass is 10.1. The summed E-state index contributed by atoms with van der Waals surface area (Å²) >= 11 is 0. The van der Waals surface area contributed by atoms with Crippen molar-refractivity contribution < 1.29 is 19.9 Å². The van der Waals surface area contributed by atoms with E-state index in [2.05, 4.69) is 30.8 Å². The molecule has 0 saturated carbocycles. The molecule has 4 rings (SSSR count). The van der Waals surface area contributed by atoms with Crippen LogP contribution < -0.4 is 31.4 Å². The Balaban J connectivity index is 1.42. The minimum Gasteiger partial charge on any atom is -0.494 e. The monoisotopic (exact) mass is 550 g/mol. The van der Waals surface area contributed by atoms with E-state index < -0.39 is 5.96 Å². The maximum atomic E-state index is 10.5. The molecular formula is C29H28N9O3+. The van der Waals surface area contributed by atoms with Crippen molar-refractivity contribution in [2.24, 2.45) is 33.0 Å². The molecule has 12 heteroatoms. The van der Waals surface area contributed by atoms with Crippen LogP contribution in [0, 0.1) is 5.41 Å². The number of aliphatic imine (C=N–C) groups is 2. The van der Waals surface area contributed by atoms with Gasteiger partial charge in [0, 0.05) is 27.8 Å². The average Bonchev–Trinajstić information content (AvgIpc) is 2.96. The van der Waals surface area contributed by atoms with Crippen molar-refractivity contribution in [3.63, 3.8) is 0 Å². The van der Waals surface area contributed by atoms with Crippen LogP contribution in [0.5, 0.6) is 0 Å². The third kappa shape index (κ3) is 8.22. The Morgan fingerprint density at radius 3 is 2.17 bits per heavy atom. The molecule has 12 nitrogen and oxygen atoms in total. The summed E-state index contributed by atoms with van der Waals surface area (Å²) in [6, 6.07) is 17.1. The highest BCUT2D eigenvalue weighted by atomic mass is 16.3. The van der Waals surface area contributed by atoms with Gasteiger partial charge in [0.05, 0.1) is 11.4 Å². The number of hydrogen-bond acceptors (Lipinski definition) is 8. The summed E-state index contributed by atoms with van der Waals surface area (Å²) in [7, 11) is 1.89. The van der Waals surface area contributed by atoms with E-state index in [9.17, 15) is 15.3 Å². The number of nitrogens with two attached hydrogens (primary N) is 1. The number of guanidine groups is 1. The van der Waals surface area contributed by atoms with Crippen LogP contribution in [0.4, 0.5) is 17.1 Å². The van der Waals surface area contributed by atoms with Crippen LogP contribution in [0.25, 0.3) is 11.8 Å². The predicted octanol–water partition coefficient (Wildman–Crippen LogP) is 3.32. The zero-order valence-corrected chi connectivity index (χ0v) is 22.0. The van der Waals surface area contributed by atoms with E-state index in [1.165, 1.54) is 6.34 Å². The number of nitrogens with one attached hydrogen (secondary N) is 3. The van der Waals surface area contributed by atoms with Crippen molar-refractivity contribution >= 4 is 46.8 Å². The SMILES string of the molecule is C[n+]1cccc(NC(O)=C2C=CC(=NC(O)=c3ccc(=C(O)Nc4ccc(N=CN=NC(=N)N)cc4)cc3)C=C2)c1. The minimum absolute atomic E-state index is 0.00548. The molecule has 1 aromatic heterocycles. The van der Waals surface area contributed by atoms with Gasteiger partial charge in [-0.25, -0.2) is 14.6 Å². The van der Waals surface area contributed by atoms with Crippen molar-refractivity contribution in [2.75, 3.05) is 10.6 Å². The first-order valence-corrected chi connectivity index (χ1v) is 12.2. The maximum Gasteiger partial charge on any atom is 0.232 e. The van der Waals surface area contributed by atoms with Crippen molar-refractivity contribution in [1.82, 2.24) is 0 Å². The summed E-state index contributed by atoms with van der Waals surface area (Å²) < 4.78 is 1.87. The second kappa shape index (κ2) is 13.2. The van der Waals surface area contributed by atoms with Gasteiger partial charge in [-0.05, 0) is 78.9 Å². The molecule has 0 bridgehead atoms. The van der Waals surface area contributed by atoms with Gasteiger partial charge in [-0.1, -0.05) is 0 Å². The molecule has 206 valence electrons. The Labute approximate surface area is 235 Å². The zero-order valence-electron chi connectivity index (χ0n) is 22.0. The van der Waals surface area contributed by atoms with Crippen LogP contribution in [0.3, 0.4) is 0 Å². The van der Waals surface area contributed by atoms with Crippen molar-refractivity contribution in [2.45, 2.75) is 0 Å². The van der Waals surface area contributed by atoms with Gasteiger partial charge in [0.15, 0.2) is 24.2 Å². The number of nitrogens with zero attached hydrogens (tertiary/aromatic N) is 5. The molecule has 1 aliphatic carbocycles. The van der Waals surface area contributed by atoms with Gasteiger partial charge in [0.25, 0.3) is 0 Å². The number of aromatic nitrogens is 1. The van der Waals surface area contributed by atoms with E-state index in [-0.39, 0.29) is 17.6 Å². The Kier molecular flexibility index (Phi) is 8.98. The molecule has 0 saturated heterocycles. The molecule has 1 aliphatic rings. The van der Waals surface area contributed by atoms with Crippen LogP contribution in [0.1, 0.15) is 0 Å². The maximum absolute atomic E-state index is 10.5. The molecule has 0 unspecified atom stereocenters. The lowest BCUT2D eigenvalue weighted by Crippen LogP contribution is -2.26. The summed E-state index contributed by atoms with van der Waals surface area (Å²) in [4.78, 5) is 8.30. The van der Waals surface area contributed by atoms with Gasteiger partial charge in [-0.3, -0.25) is 5.41 Å². The number of pyridine rings is 1. The third-order valence-corrected chi connectivity index (χ3v) is 5.55. The highest BCUT2D eigenvalue weighted by Gasteiger charge is 2.07. The van der Waals surface area contributed by atoms with Gasteiger partial charge >= 0.3 is 0 Å². The van der Waals surface area contributed by atoms with Crippen LogP contribution in [-0.4, -0.2) is 33.3 Å². The highest BCUT2D eigenvalue weighted by Crippen LogP contribution is 2.17. The summed E-state index contributed by atoms with van der Waals surface area (Å²) in [5.74, 6) is -0.692. The number of anilines is 2. The number of aliphatic hydroxyl groups is 3. The fourth-order valence-electron chi connectivity index (χ4n) is 3.55. The Morgan fingerprint density at radius 2 is 1.51 bits per heavy atom. The van der Waals surface area contributed by atoms with E-state index in [1.54, 1.807) is 72.8 Å². The van der Waals surface area contributed by atoms with Gasteiger partial charge in [-0.15, -0.1) is 10.2 Å². The van der Waals surface area contributed by atoms with E-state index in [0.29, 0.717) is 33.1 Å². The van der Waals surface area contributed by atoms with Crippen molar-refractivity contribution in [3.05, 3.63) is 119 Å². The third-order valence-electron chi connectivity index (χ3n) is 5.55. The van der Waals surface area contributed by atoms with Crippen LogP contribution in [0.2, 0.25) is 0 Å². The minimum atomic E-state index is -0.411. The molecule has 1 heterocycles. The molecule has 0 amide bonds. The number of aryl methyl sites for hydroxylation is 1. The lowest BCUT2D eigenvalue weighted by molar-refractivity contribution is -0.670. The molecule has 8 N–H and O–H groups in total. The van der Waals surface area contributed by atoms with E-state index >= 15 is 0 Å². The molecule has 2 aromatic carbocycles. The van der Waals surface area contributed by atoms with Gasteiger partial charge in [0.2, 0.25) is 11.8 Å². The van der Waals surface area contributed by atoms with Crippen LogP contribution in [-0.2, 0) is 7.05 Å². The first-order valence-electron chi connectivity index (χ1n) is 12.2. The number of azo groups is 1. The fraction of sp³-hybridized carbons (Fsp3) is 0.0345. The quantitative estimate of drug-likeness (QED) is 0.0777. The van der Waals surface area contributed by atoms with Crippen LogP contribution >= 0.6 is 0 Å². The summed E-state index contributed by atoms with van der Waals surface area (Å²) in [6.45, 7) is 0. The normalized spacial score (nSPS) is 12.5. The Hall–Kier alpha value is -6.04. The number of hydrogen-bond donors (Lipinski definition) is 7. The zero-order chi connectivity index (χ0) is 29.2. The molecule has 0 spiro atoms. The van der Waals surface area contributed by atoms with E-state index in [4.69, 9.17) is 11.1 Å². The first kappa shape index (κ1) is 28.0. The van der Waals surface area contributed by atoms with Gasteiger partial charge in [-0.2, -0.15) is 0 Å². The standard InChI is InChI=1S/C29H27N9O3/c1-38-16-2-3-25(17-38)36-28(41)21-8-10-23(11-9-21)34-26(39)19-4-6-20(7-5-19)27(40)35-24-14-12-22(13-15-24)32-18-33-37-29(30)31/h2-18H,1H3,(H7-,30,31,32,33,34,35,36,37,39,40,41)/p+1. The fourth-order valence-corrected chi connectivity index (χ4v) is 3.55. The van der Waals surface area contributed by atoms with Gasteiger partial charge in [0.1, 0.15) is 19.1 Å². The molecule has 0 fully saturated rings. The topological polar surface area (TPSA) is 188 Å².